The minimum Gasteiger partial charge on any atom is -0.495 e. The molecule has 0 radical (unpaired) electrons. The lowest BCUT2D eigenvalue weighted by molar-refractivity contribution is -0.116. The molecule has 0 aliphatic heterocycles. The maximum Gasteiger partial charge on any atom is 0.262 e. The third kappa shape index (κ3) is 3.86. The molecule has 2 aromatic heterocycles. The summed E-state index contributed by atoms with van der Waals surface area (Å²) in [5.74, 6) is 0.888. The van der Waals surface area contributed by atoms with Crippen molar-refractivity contribution >= 4 is 33.1 Å². The molecule has 3 aromatic rings. The van der Waals surface area contributed by atoms with Gasteiger partial charge in [0.2, 0.25) is 5.91 Å². The Morgan fingerprint density at radius 3 is 2.83 bits per heavy atom. The number of carbonyl (C=O) groups is 1. The van der Waals surface area contributed by atoms with Gasteiger partial charge in [0.25, 0.3) is 5.56 Å². The first-order valence-electron chi connectivity index (χ1n) is 10.2. The number of carbonyl (C=O) groups excluding carboxylic acids is 1. The SMILES string of the molecule is COc1ccccc1NC(=O)Cn1cnc2sc3c(c2c1=O)CC[C@H](C(C)(C)C)C3. The Hall–Kier alpha value is -2.67. The zero-order valence-corrected chi connectivity index (χ0v) is 18.6. The lowest BCUT2D eigenvalue weighted by Crippen LogP contribution is -2.29. The molecule has 158 valence electrons. The summed E-state index contributed by atoms with van der Waals surface area (Å²) in [7, 11) is 1.55. The number of ether oxygens (including phenoxy) is 1. The third-order valence-electron chi connectivity index (χ3n) is 5.96. The molecule has 1 amide bonds. The van der Waals surface area contributed by atoms with Crippen LogP contribution in [0.4, 0.5) is 5.69 Å². The molecule has 2 heterocycles. The van der Waals surface area contributed by atoms with Crippen LogP contribution in [0.3, 0.4) is 0 Å². The van der Waals surface area contributed by atoms with E-state index in [1.54, 1.807) is 30.6 Å². The molecule has 1 aliphatic rings. The predicted molar refractivity (Wildman–Crippen MR) is 120 cm³/mol. The Bertz CT molecular complexity index is 1160. The number of anilines is 1. The second-order valence-electron chi connectivity index (χ2n) is 8.92. The van der Waals surface area contributed by atoms with Crippen molar-refractivity contribution in [3.63, 3.8) is 0 Å². The second kappa shape index (κ2) is 7.87. The molecular weight excluding hydrogens is 398 g/mol. The van der Waals surface area contributed by atoms with Crippen LogP contribution >= 0.6 is 11.3 Å². The highest BCUT2D eigenvalue weighted by Crippen LogP contribution is 2.41. The average Bonchev–Trinajstić information content (AvgIpc) is 3.08. The molecule has 0 saturated heterocycles. The lowest BCUT2D eigenvalue weighted by Gasteiger charge is -2.33. The van der Waals surface area contributed by atoms with E-state index in [4.69, 9.17) is 4.74 Å². The van der Waals surface area contributed by atoms with Crippen LogP contribution in [0, 0.1) is 11.3 Å². The van der Waals surface area contributed by atoms with Crippen LogP contribution in [-0.4, -0.2) is 22.6 Å². The lowest BCUT2D eigenvalue weighted by atomic mass is 9.72. The molecule has 1 aliphatic carbocycles. The fraction of sp³-hybridized carbons (Fsp3) is 0.435. The molecule has 30 heavy (non-hydrogen) atoms. The van der Waals surface area contributed by atoms with Crippen molar-refractivity contribution in [2.45, 2.75) is 46.6 Å². The van der Waals surface area contributed by atoms with Crippen LogP contribution in [0.2, 0.25) is 0 Å². The average molecular weight is 426 g/mol. The van der Waals surface area contributed by atoms with Gasteiger partial charge in [-0.1, -0.05) is 32.9 Å². The number of methoxy groups -OCH3 is 1. The van der Waals surface area contributed by atoms with E-state index >= 15 is 0 Å². The molecular formula is C23H27N3O3S. The largest absolute Gasteiger partial charge is 0.495 e. The zero-order chi connectivity index (χ0) is 21.5. The summed E-state index contributed by atoms with van der Waals surface area (Å²) in [6, 6.07) is 7.20. The van der Waals surface area contributed by atoms with Crippen LogP contribution in [0.1, 0.15) is 37.6 Å². The Balaban J connectivity index is 1.60. The molecule has 1 aromatic carbocycles. The van der Waals surface area contributed by atoms with Gasteiger partial charge in [-0.05, 0) is 48.3 Å². The van der Waals surface area contributed by atoms with E-state index in [0.717, 1.165) is 29.7 Å². The van der Waals surface area contributed by atoms with Gasteiger partial charge in [-0.2, -0.15) is 0 Å². The van der Waals surface area contributed by atoms with E-state index in [9.17, 15) is 9.59 Å². The zero-order valence-electron chi connectivity index (χ0n) is 17.8. The Morgan fingerprint density at radius 1 is 1.33 bits per heavy atom. The standard InChI is InChI=1S/C23H27N3O3S/c1-23(2,3)14-9-10-15-18(11-14)30-21-20(15)22(28)26(13-24-21)12-19(27)25-16-7-5-6-8-17(16)29-4/h5-8,13-14H,9-12H2,1-4H3,(H,25,27)/t14-/m0/s1. The van der Waals surface area contributed by atoms with Crippen molar-refractivity contribution < 1.29 is 9.53 Å². The summed E-state index contributed by atoms with van der Waals surface area (Å²) in [6.45, 7) is 6.75. The quantitative estimate of drug-likeness (QED) is 0.678. The number of fused-ring (bicyclic) bond motifs is 3. The summed E-state index contributed by atoms with van der Waals surface area (Å²) in [5, 5.41) is 3.50. The van der Waals surface area contributed by atoms with E-state index < -0.39 is 0 Å². The van der Waals surface area contributed by atoms with Crippen LogP contribution in [0.25, 0.3) is 10.2 Å². The summed E-state index contributed by atoms with van der Waals surface area (Å²) in [4.78, 5) is 32.3. The van der Waals surface area contributed by atoms with Gasteiger partial charge in [-0.15, -0.1) is 11.3 Å². The van der Waals surface area contributed by atoms with Gasteiger partial charge in [0.05, 0.1) is 24.5 Å². The van der Waals surface area contributed by atoms with E-state index in [0.29, 0.717) is 22.7 Å². The maximum absolute atomic E-state index is 13.2. The maximum atomic E-state index is 13.2. The van der Waals surface area contributed by atoms with Crippen LogP contribution in [0.5, 0.6) is 5.75 Å². The number of nitrogens with zero attached hydrogens (tertiary/aromatic N) is 2. The van der Waals surface area contributed by atoms with Gasteiger partial charge in [-0.25, -0.2) is 4.98 Å². The molecule has 0 spiro atoms. The third-order valence-corrected chi connectivity index (χ3v) is 7.12. The van der Waals surface area contributed by atoms with E-state index in [-0.39, 0.29) is 23.4 Å². The summed E-state index contributed by atoms with van der Waals surface area (Å²) in [5.41, 5.74) is 1.82. The highest BCUT2D eigenvalue weighted by molar-refractivity contribution is 7.18. The van der Waals surface area contributed by atoms with Crippen molar-refractivity contribution in [3.8, 4) is 5.75 Å². The number of thiophene rings is 1. The van der Waals surface area contributed by atoms with Crippen molar-refractivity contribution in [3.05, 3.63) is 51.4 Å². The van der Waals surface area contributed by atoms with E-state index in [1.807, 2.05) is 12.1 Å². The number of para-hydroxylation sites is 2. The van der Waals surface area contributed by atoms with Crippen molar-refractivity contribution in [1.29, 1.82) is 0 Å². The minimum atomic E-state index is -0.292. The number of rotatable bonds is 4. The molecule has 1 atom stereocenters. The smallest absolute Gasteiger partial charge is 0.262 e. The number of aryl methyl sites for hydroxylation is 1. The Kier molecular flexibility index (Phi) is 5.40. The van der Waals surface area contributed by atoms with Gasteiger partial charge >= 0.3 is 0 Å². The molecule has 4 rings (SSSR count). The number of hydrogen-bond acceptors (Lipinski definition) is 5. The summed E-state index contributed by atoms with van der Waals surface area (Å²) < 4.78 is 6.67. The molecule has 1 N–H and O–H groups in total. The fourth-order valence-corrected chi connectivity index (χ4v) is 5.40. The van der Waals surface area contributed by atoms with Crippen molar-refractivity contribution in [2.75, 3.05) is 12.4 Å². The minimum absolute atomic E-state index is 0.0882. The molecule has 0 unspecified atom stereocenters. The highest BCUT2D eigenvalue weighted by Gasteiger charge is 2.31. The summed E-state index contributed by atoms with van der Waals surface area (Å²) >= 11 is 1.63. The predicted octanol–water partition coefficient (Wildman–Crippen LogP) is 4.26. The van der Waals surface area contributed by atoms with Gasteiger partial charge < -0.3 is 10.1 Å². The van der Waals surface area contributed by atoms with Gasteiger partial charge in [0.1, 0.15) is 17.1 Å². The Labute approximate surface area is 179 Å². The van der Waals surface area contributed by atoms with Crippen LogP contribution in [0.15, 0.2) is 35.4 Å². The number of amides is 1. The fourth-order valence-electron chi connectivity index (χ4n) is 4.15. The first kappa shape index (κ1) is 20.6. The molecule has 0 bridgehead atoms. The second-order valence-corrected chi connectivity index (χ2v) is 10.00. The Morgan fingerprint density at radius 2 is 2.10 bits per heavy atom. The number of hydrogen-bond donors (Lipinski definition) is 1. The highest BCUT2D eigenvalue weighted by atomic mass is 32.1. The van der Waals surface area contributed by atoms with E-state index in [2.05, 4.69) is 31.1 Å². The molecule has 7 heteroatoms. The monoisotopic (exact) mass is 425 g/mol. The molecule has 6 nitrogen and oxygen atoms in total. The summed E-state index contributed by atoms with van der Waals surface area (Å²) in [6.07, 6.45) is 4.44. The number of nitrogens with one attached hydrogen (secondary N) is 1. The number of benzene rings is 1. The van der Waals surface area contributed by atoms with Gasteiger partial charge in [-0.3, -0.25) is 14.2 Å². The van der Waals surface area contributed by atoms with Gasteiger partial charge in [0.15, 0.2) is 0 Å². The normalized spacial score (nSPS) is 16.3. The van der Waals surface area contributed by atoms with Crippen molar-refractivity contribution in [1.82, 2.24) is 9.55 Å². The molecule has 0 saturated carbocycles. The van der Waals surface area contributed by atoms with Crippen LogP contribution in [-0.2, 0) is 24.2 Å². The number of aromatic nitrogens is 2. The van der Waals surface area contributed by atoms with Crippen LogP contribution < -0.4 is 15.6 Å². The first-order valence-corrected chi connectivity index (χ1v) is 11.0. The molecule has 0 fully saturated rings. The van der Waals surface area contributed by atoms with Crippen molar-refractivity contribution in [2.24, 2.45) is 11.3 Å². The topological polar surface area (TPSA) is 73.2 Å². The van der Waals surface area contributed by atoms with E-state index in [1.165, 1.54) is 15.8 Å². The first-order chi connectivity index (χ1) is 14.3. The van der Waals surface area contributed by atoms with Gasteiger partial charge in [0, 0.05) is 4.88 Å².